The van der Waals surface area contributed by atoms with Gasteiger partial charge in [-0.25, -0.2) is 9.78 Å². The van der Waals surface area contributed by atoms with Crippen molar-refractivity contribution < 1.29 is 9.90 Å². The molecule has 1 N–H and O–H groups in total. The Balaban J connectivity index is 1.90. The first kappa shape index (κ1) is 14.9. The lowest BCUT2D eigenvalue weighted by Gasteiger charge is -2.00. The molecule has 0 bridgehead atoms. The van der Waals surface area contributed by atoms with Gasteiger partial charge in [-0.2, -0.15) is 0 Å². The number of hydrogen-bond donors (Lipinski definition) is 1. The summed E-state index contributed by atoms with van der Waals surface area (Å²) in [6.45, 7) is 1.86. The molecule has 4 aromatic rings. The number of pyridine rings is 2. The molecule has 3 aromatic heterocycles. The van der Waals surface area contributed by atoms with Crippen molar-refractivity contribution in [3.63, 3.8) is 0 Å². The van der Waals surface area contributed by atoms with E-state index < -0.39 is 5.97 Å². The highest BCUT2D eigenvalue weighted by Crippen LogP contribution is 2.28. The maximum absolute atomic E-state index is 11.5. The van der Waals surface area contributed by atoms with E-state index in [4.69, 9.17) is 0 Å². The van der Waals surface area contributed by atoms with Crippen molar-refractivity contribution in [2.24, 2.45) is 10.2 Å². The molecule has 0 aliphatic carbocycles. The number of azo groups is 1. The predicted molar refractivity (Wildman–Crippen MR) is 92.8 cm³/mol. The molecule has 7 heteroatoms. The third-order valence-electron chi connectivity index (χ3n) is 3.89. The van der Waals surface area contributed by atoms with E-state index in [0.717, 1.165) is 10.9 Å². The van der Waals surface area contributed by atoms with Gasteiger partial charge in [-0.1, -0.05) is 24.3 Å². The monoisotopic (exact) mass is 331 g/mol. The zero-order valence-corrected chi connectivity index (χ0v) is 13.3. The lowest BCUT2D eigenvalue weighted by molar-refractivity contribution is 0.0692. The largest absolute Gasteiger partial charge is 0.476 e. The van der Waals surface area contributed by atoms with Gasteiger partial charge in [-0.15, -0.1) is 10.2 Å². The smallest absolute Gasteiger partial charge is 0.358 e. The van der Waals surface area contributed by atoms with Crippen molar-refractivity contribution in [2.75, 3.05) is 0 Å². The number of aromatic nitrogens is 3. The highest BCUT2D eigenvalue weighted by atomic mass is 16.4. The van der Waals surface area contributed by atoms with Crippen LogP contribution in [0.5, 0.6) is 0 Å². The van der Waals surface area contributed by atoms with E-state index in [1.807, 2.05) is 43.3 Å². The molecule has 0 fully saturated rings. The van der Waals surface area contributed by atoms with Gasteiger partial charge in [-0.05, 0) is 30.7 Å². The highest BCUT2D eigenvalue weighted by molar-refractivity contribution is 5.92. The summed E-state index contributed by atoms with van der Waals surface area (Å²) in [5.41, 5.74) is 2.54. The second-order valence-corrected chi connectivity index (χ2v) is 5.53. The number of aromatic carboxylic acids is 1. The maximum atomic E-state index is 11.5. The second kappa shape index (κ2) is 5.79. The second-order valence-electron chi connectivity index (χ2n) is 5.53. The predicted octanol–water partition coefficient (Wildman–Crippen LogP) is 4.30. The lowest BCUT2D eigenvalue weighted by Crippen LogP contribution is -1.96. The Bertz CT molecular complexity index is 1140. The Hall–Kier alpha value is -3.61. The number of nitrogens with zero attached hydrogens (tertiary/aromatic N) is 5. The molecule has 0 atom stereocenters. The Kier molecular flexibility index (Phi) is 3.46. The van der Waals surface area contributed by atoms with Gasteiger partial charge in [0.1, 0.15) is 11.3 Å². The Morgan fingerprint density at radius 2 is 1.96 bits per heavy atom. The van der Waals surface area contributed by atoms with Crippen LogP contribution in [0.3, 0.4) is 0 Å². The molecular weight excluding hydrogens is 318 g/mol. The van der Waals surface area contributed by atoms with Crippen LogP contribution < -0.4 is 0 Å². The van der Waals surface area contributed by atoms with Crippen molar-refractivity contribution in [3.05, 3.63) is 66.1 Å². The highest BCUT2D eigenvalue weighted by Gasteiger charge is 2.19. The van der Waals surface area contributed by atoms with Crippen molar-refractivity contribution in [2.45, 2.75) is 6.92 Å². The van der Waals surface area contributed by atoms with E-state index in [9.17, 15) is 9.90 Å². The number of fused-ring (bicyclic) bond motifs is 2. The van der Waals surface area contributed by atoms with Crippen LogP contribution in [0, 0.1) is 6.92 Å². The molecule has 0 aliphatic heterocycles. The summed E-state index contributed by atoms with van der Waals surface area (Å²) in [6, 6.07) is 13.0. The number of carbonyl (C=O) groups is 1. The van der Waals surface area contributed by atoms with Gasteiger partial charge >= 0.3 is 5.97 Å². The first-order chi connectivity index (χ1) is 12.1. The average Bonchev–Trinajstić information content (AvgIpc) is 3.00. The van der Waals surface area contributed by atoms with Gasteiger partial charge in [0.15, 0.2) is 11.5 Å². The minimum absolute atomic E-state index is 0.133. The van der Waals surface area contributed by atoms with Crippen LogP contribution in [0.4, 0.5) is 11.5 Å². The first-order valence-electron chi connectivity index (χ1n) is 7.61. The lowest BCUT2D eigenvalue weighted by atomic mass is 10.2. The standard InChI is InChI=1S/C18H13N5O2/c1-11-5-4-10-23-16(11)20-15(18(24)25)17(23)22-21-13-8-2-6-12-7-3-9-19-14(12)13/h2-10H,1H3,(H,24,25). The van der Waals surface area contributed by atoms with E-state index in [1.165, 1.54) is 0 Å². The fraction of sp³-hybridized carbons (Fsp3) is 0.0556. The minimum atomic E-state index is -1.15. The van der Waals surface area contributed by atoms with Crippen LogP contribution in [0.2, 0.25) is 0 Å². The molecule has 1 aromatic carbocycles. The quantitative estimate of drug-likeness (QED) is 0.566. The van der Waals surface area contributed by atoms with Crippen LogP contribution in [0.25, 0.3) is 16.6 Å². The maximum Gasteiger partial charge on any atom is 0.358 e. The van der Waals surface area contributed by atoms with Crippen molar-refractivity contribution in [3.8, 4) is 0 Å². The molecule has 0 spiro atoms. The summed E-state index contributed by atoms with van der Waals surface area (Å²) in [6.07, 6.45) is 3.40. The van der Waals surface area contributed by atoms with Crippen LogP contribution in [0.1, 0.15) is 16.1 Å². The summed E-state index contributed by atoms with van der Waals surface area (Å²) in [4.78, 5) is 20.0. The molecule has 3 heterocycles. The van der Waals surface area contributed by atoms with Crippen molar-refractivity contribution >= 4 is 34.0 Å². The van der Waals surface area contributed by atoms with Gasteiger partial charge in [0.25, 0.3) is 0 Å². The average molecular weight is 331 g/mol. The SMILES string of the molecule is Cc1cccn2c(N=Nc3cccc4cccnc34)c(C(=O)O)nc12. The Morgan fingerprint density at radius 1 is 1.12 bits per heavy atom. The van der Waals surface area contributed by atoms with Crippen molar-refractivity contribution in [1.29, 1.82) is 0 Å². The van der Waals surface area contributed by atoms with Crippen LogP contribution >= 0.6 is 0 Å². The number of carboxylic acid groups (broad SMARTS) is 1. The molecular formula is C18H13N5O2. The third kappa shape index (κ3) is 2.51. The van der Waals surface area contributed by atoms with Crippen molar-refractivity contribution in [1.82, 2.24) is 14.4 Å². The van der Waals surface area contributed by atoms with Crippen LogP contribution in [0.15, 0.2) is 65.1 Å². The van der Waals surface area contributed by atoms with Crippen LogP contribution in [-0.2, 0) is 0 Å². The van der Waals surface area contributed by atoms with E-state index in [2.05, 4.69) is 20.2 Å². The number of benzene rings is 1. The molecule has 0 aliphatic rings. The number of rotatable bonds is 3. The van der Waals surface area contributed by atoms with Gasteiger partial charge in [0.2, 0.25) is 0 Å². The fourth-order valence-electron chi connectivity index (χ4n) is 2.70. The Labute approximate surface area is 142 Å². The summed E-state index contributed by atoms with van der Waals surface area (Å²) >= 11 is 0. The summed E-state index contributed by atoms with van der Waals surface area (Å²) in [5.74, 6) is -0.966. The fourth-order valence-corrected chi connectivity index (χ4v) is 2.70. The Morgan fingerprint density at radius 3 is 2.80 bits per heavy atom. The number of carboxylic acids is 1. The minimum Gasteiger partial charge on any atom is -0.476 e. The number of para-hydroxylation sites is 1. The van der Waals surface area contributed by atoms with E-state index in [-0.39, 0.29) is 11.5 Å². The molecule has 0 saturated heterocycles. The molecule has 0 saturated carbocycles. The number of hydrogen-bond acceptors (Lipinski definition) is 5. The molecule has 25 heavy (non-hydrogen) atoms. The van der Waals surface area contributed by atoms with E-state index in [0.29, 0.717) is 16.9 Å². The zero-order chi connectivity index (χ0) is 17.4. The van der Waals surface area contributed by atoms with Gasteiger partial charge in [0.05, 0.1) is 5.52 Å². The molecule has 122 valence electrons. The summed E-state index contributed by atoms with van der Waals surface area (Å²) < 4.78 is 1.63. The van der Waals surface area contributed by atoms with E-state index >= 15 is 0 Å². The van der Waals surface area contributed by atoms with Gasteiger partial charge in [-0.3, -0.25) is 9.38 Å². The molecule has 0 amide bonds. The normalized spacial score (nSPS) is 11.6. The zero-order valence-electron chi connectivity index (χ0n) is 13.3. The first-order valence-corrected chi connectivity index (χ1v) is 7.61. The molecule has 0 radical (unpaired) electrons. The third-order valence-corrected chi connectivity index (χ3v) is 3.89. The van der Waals surface area contributed by atoms with Gasteiger partial charge < -0.3 is 5.11 Å². The topological polar surface area (TPSA) is 92.2 Å². The molecule has 7 nitrogen and oxygen atoms in total. The number of imidazole rings is 1. The number of aryl methyl sites for hydroxylation is 1. The van der Waals surface area contributed by atoms with Gasteiger partial charge in [0, 0.05) is 17.8 Å². The summed E-state index contributed by atoms with van der Waals surface area (Å²) in [7, 11) is 0. The van der Waals surface area contributed by atoms with E-state index in [1.54, 1.807) is 22.9 Å². The molecule has 0 unspecified atom stereocenters. The summed E-state index contributed by atoms with van der Waals surface area (Å²) in [5, 5.41) is 18.8. The van der Waals surface area contributed by atoms with Crippen LogP contribution in [-0.4, -0.2) is 25.4 Å². The molecule has 4 rings (SSSR count).